The van der Waals surface area contributed by atoms with Crippen LogP contribution in [0.1, 0.15) is 0 Å². The van der Waals surface area contributed by atoms with Gasteiger partial charge in [0.2, 0.25) is 5.24 Å². The third kappa shape index (κ3) is 4.40. The Bertz CT molecular complexity index is 929. The van der Waals surface area contributed by atoms with Gasteiger partial charge in [-0.05, 0) is 35.9 Å². The van der Waals surface area contributed by atoms with E-state index in [-0.39, 0.29) is 15.7 Å². The predicted octanol–water partition coefficient (Wildman–Crippen LogP) is 3.86. The molecule has 0 saturated heterocycles. The zero-order chi connectivity index (χ0) is 18.8. The number of nitro benzene ring substituents is 1. The van der Waals surface area contributed by atoms with Gasteiger partial charge in [0.25, 0.3) is 15.7 Å². The zero-order valence-corrected chi connectivity index (χ0v) is 15.3. The average molecular weight is 424 g/mol. The highest BCUT2D eigenvalue weighted by Crippen LogP contribution is 2.32. The summed E-state index contributed by atoms with van der Waals surface area (Å²) in [7, 11) is -4.49. The van der Waals surface area contributed by atoms with E-state index in [2.05, 4.69) is 0 Å². The number of rotatable bonds is 6. The van der Waals surface area contributed by atoms with Crippen molar-refractivity contribution in [1.29, 1.82) is 0 Å². The standard InChI is InChI=1S/C14H9Cl3N2O5S/c15-9-5-10(16)7-11(6-9)18(8-14(17)20)25(23,24)13-4-2-1-3-12(13)19(21)22/h1-7H,8H2. The van der Waals surface area contributed by atoms with Gasteiger partial charge in [0.05, 0.1) is 10.6 Å². The second-order valence-corrected chi connectivity index (χ2v) is 7.84. The summed E-state index contributed by atoms with van der Waals surface area (Å²) in [5, 5.41) is 10.4. The Morgan fingerprint density at radius 3 is 2.20 bits per heavy atom. The van der Waals surface area contributed by atoms with Crippen LogP contribution >= 0.6 is 34.8 Å². The first-order valence-corrected chi connectivity index (χ1v) is 9.11. The van der Waals surface area contributed by atoms with Gasteiger partial charge >= 0.3 is 0 Å². The first-order chi connectivity index (χ1) is 11.6. The van der Waals surface area contributed by atoms with Gasteiger partial charge in [-0.15, -0.1) is 0 Å². The van der Waals surface area contributed by atoms with Crippen molar-refractivity contribution in [3.63, 3.8) is 0 Å². The van der Waals surface area contributed by atoms with E-state index in [1.165, 1.54) is 30.3 Å². The van der Waals surface area contributed by atoms with Crippen LogP contribution in [0.15, 0.2) is 47.4 Å². The minimum atomic E-state index is -4.49. The van der Waals surface area contributed by atoms with Crippen LogP contribution in [0.5, 0.6) is 0 Å². The maximum Gasteiger partial charge on any atom is 0.289 e. The molecular weight excluding hydrogens is 415 g/mol. The number of anilines is 1. The maximum atomic E-state index is 12.9. The van der Waals surface area contributed by atoms with E-state index in [0.29, 0.717) is 4.31 Å². The van der Waals surface area contributed by atoms with Crippen molar-refractivity contribution >= 4 is 61.4 Å². The van der Waals surface area contributed by atoms with E-state index in [1.807, 2.05) is 0 Å². The minimum absolute atomic E-state index is 0.0512. The van der Waals surface area contributed by atoms with Crippen LogP contribution in [0.4, 0.5) is 11.4 Å². The number of nitrogens with zero attached hydrogens (tertiary/aromatic N) is 2. The summed E-state index contributed by atoms with van der Waals surface area (Å²) in [4.78, 5) is 21.1. The molecule has 0 unspecified atom stereocenters. The number of sulfonamides is 1. The van der Waals surface area contributed by atoms with Gasteiger partial charge in [-0.25, -0.2) is 8.42 Å². The fourth-order valence-corrected chi connectivity index (χ4v) is 4.33. The highest BCUT2D eigenvalue weighted by molar-refractivity contribution is 7.93. The van der Waals surface area contributed by atoms with Crippen molar-refractivity contribution in [2.45, 2.75) is 4.90 Å². The monoisotopic (exact) mass is 422 g/mol. The number of halogens is 3. The van der Waals surface area contributed by atoms with Crippen molar-refractivity contribution in [2.24, 2.45) is 0 Å². The van der Waals surface area contributed by atoms with Crippen LogP contribution in [0, 0.1) is 10.1 Å². The molecule has 0 radical (unpaired) electrons. The van der Waals surface area contributed by atoms with E-state index in [0.717, 1.165) is 12.1 Å². The molecule has 0 spiro atoms. The van der Waals surface area contributed by atoms with Gasteiger partial charge in [-0.2, -0.15) is 0 Å². The van der Waals surface area contributed by atoms with E-state index in [4.69, 9.17) is 34.8 Å². The number of carbonyl (C=O) groups excluding carboxylic acids is 1. The lowest BCUT2D eigenvalue weighted by atomic mass is 10.3. The molecule has 0 fully saturated rings. The largest absolute Gasteiger partial charge is 0.289 e. The molecular formula is C14H9Cl3N2O5S. The van der Waals surface area contributed by atoms with Crippen LogP contribution in [0.25, 0.3) is 0 Å². The number of nitro groups is 1. The lowest BCUT2D eigenvalue weighted by molar-refractivity contribution is -0.387. The predicted molar refractivity (Wildman–Crippen MR) is 95.0 cm³/mol. The number of para-hydroxylation sites is 1. The first-order valence-electron chi connectivity index (χ1n) is 6.53. The molecule has 2 aromatic rings. The fourth-order valence-electron chi connectivity index (χ4n) is 2.06. The van der Waals surface area contributed by atoms with Crippen molar-refractivity contribution < 1.29 is 18.1 Å². The molecule has 0 atom stereocenters. The highest BCUT2D eigenvalue weighted by Gasteiger charge is 2.33. The third-order valence-electron chi connectivity index (χ3n) is 3.03. The molecule has 7 nitrogen and oxygen atoms in total. The Morgan fingerprint density at radius 2 is 1.68 bits per heavy atom. The molecule has 0 aliphatic carbocycles. The summed E-state index contributed by atoms with van der Waals surface area (Å²) in [6.07, 6.45) is 0. The molecule has 0 aromatic heterocycles. The van der Waals surface area contributed by atoms with E-state index in [9.17, 15) is 23.3 Å². The van der Waals surface area contributed by atoms with Crippen LogP contribution in [-0.4, -0.2) is 25.1 Å². The number of benzene rings is 2. The normalized spacial score (nSPS) is 11.2. The maximum absolute atomic E-state index is 12.9. The van der Waals surface area contributed by atoms with Crippen LogP contribution in [0.3, 0.4) is 0 Å². The van der Waals surface area contributed by atoms with E-state index >= 15 is 0 Å². The number of hydrogen-bond acceptors (Lipinski definition) is 5. The quantitative estimate of drug-likeness (QED) is 0.399. The summed E-state index contributed by atoms with van der Waals surface area (Å²) in [6.45, 7) is -0.757. The molecule has 0 bridgehead atoms. The van der Waals surface area contributed by atoms with Crippen LogP contribution in [0.2, 0.25) is 10.0 Å². The zero-order valence-electron chi connectivity index (χ0n) is 12.2. The fraction of sp³-hybridized carbons (Fsp3) is 0.0714. The van der Waals surface area contributed by atoms with Gasteiger partial charge in [0.15, 0.2) is 4.90 Å². The van der Waals surface area contributed by atoms with Gasteiger partial charge in [-0.1, -0.05) is 35.3 Å². The summed E-state index contributed by atoms with van der Waals surface area (Å²) >= 11 is 17.1. The van der Waals surface area contributed by atoms with Crippen molar-refractivity contribution in [1.82, 2.24) is 0 Å². The summed E-state index contributed by atoms with van der Waals surface area (Å²) in [5.74, 6) is 0. The van der Waals surface area contributed by atoms with Crippen molar-refractivity contribution in [3.05, 3.63) is 62.6 Å². The molecule has 0 aliphatic heterocycles. The Balaban J connectivity index is 2.69. The van der Waals surface area contributed by atoms with Crippen LogP contribution < -0.4 is 4.31 Å². The molecule has 0 N–H and O–H groups in total. The number of hydrogen-bond donors (Lipinski definition) is 0. The minimum Gasteiger partial charge on any atom is -0.279 e. The van der Waals surface area contributed by atoms with Crippen molar-refractivity contribution in [2.75, 3.05) is 10.8 Å². The lowest BCUT2D eigenvalue weighted by Gasteiger charge is -2.23. The molecule has 0 amide bonds. The van der Waals surface area contributed by atoms with Crippen molar-refractivity contribution in [3.8, 4) is 0 Å². The molecule has 11 heteroatoms. The Hall–Kier alpha value is -1.87. The van der Waals surface area contributed by atoms with Gasteiger partial charge in [-0.3, -0.25) is 19.2 Å². The van der Waals surface area contributed by atoms with E-state index in [1.54, 1.807) is 0 Å². The summed E-state index contributed by atoms with van der Waals surface area (Å²) in [5.41, 5.74) is -0.688. The summed E-state index contributed by atoms with van der Waals surface area (Å²) in [6, 6.07) is 8.61. The average Bonchev–Trinajstić information content (AvgIpc) is 2.51. The number of carbonyl (C=O) groups is 1. The molecule has 2 rings (SSSR count). The van der Waals surface area contributed by atoms with Crippen LogP contribution in [-0.2, 0) is 14.8 Å². The SMILES string of the molecule is O=C(Cl)CN(c1cc(Cl)cc(Cl)c1)S(=O)(=O)c1ccccc1[N+](=O)[O-]. The smallest absolute Gasteiger partial charge is 0.279 e. The van der Waals surface area contributed by atoms with Gasteiger partial charge in [0.1, 0.15) is 6.54 Å². The molecule has 2 aromatic carbocycles. The summed E-state index contributed by atoms with van der Waals surface area (Å²) < 4.78 is 26.5. The van der Waals surface area contributed by atoms with Gasteiger partial charge < -0.3 is 0 Å². The van der Waals surface area contributed by atoms with E-state index < -0.39 is 37.3 Å². The Labute approximate surface area is 157 Å². The lowest BCUT2D eigenvalue weighted by Crippen LogP contribution is -2.34. The molecule has 0 heterocycles. The Morgan fingerprint density at radius 1 is 1.12 bits per heavy atom. The molecule has 0 saturated carbocycles. The second kappa shape index (κ2) is 7.57. The third-order valence-corrected chi connectivity index (χ3v) is 5.41. The Kier molecular flexibility index (Phi) is 5.89. The molecule has 25 heavy (non-hydrogen) atoms. The highest BCUT2D eigenvalue weighted by atomic mass is 35.5. The second-order valence-electron chi connectivity index (χ2n) is 4.72. The topological polar surface area (TPSA) is 97.6 Å². The molecule has 0 aliphatic rings. The molecule has 132 valence electrons. The first kappa shape index (κ1) is 19.5. The van der Waals surface area contributed by atoms with Gasteiger partial charge in [0, 0.05) is 16.1 Å².